The van der Waals surface area contributed by atoms with E-state index in [1.54, 1.807) is 16.9 Å². The highest BCUT2D eigenvalue weighted by atomic mass is 19.4. The summed E-state index contributed by atoms with van der Waals surface area (Å²) in [6.45, 7) is 8.42. The number of nitrogens with zero attached hydrogens (tertiary/aromatic N) is 8. The predicted octanol–water partition coefficient (Wildman–Crippen LogP) is 4.69. The Kier molecular flexibility index (Phi) is 8.46. The van der Waals surface area contributed by atoms with Gasteiger partial charge in [0.25, 0.3) is 0 Å². The van der Waals surface area contributed by atoms with Crippen LogP contribution in [0.15, 0.2) is 61.1 Å². The zero-order valence-electron chi connectivity index (χ0n) is 24.8. The monoisotopic (exact) mass is 604 g/mol. The van der Waals surface area contributed by atoms with E-state index in [0.717, 1.165) is 81.7 Å². The van der Waals surface area contributed by atoms with Gasteiger partial charge >= 0.3 is 6.18 Å². The second-order valence-electron chi connectivity index (χ2n) is 11.6. The van der Waals surface area contributed by atoms with E-state index in [-0.39, 0.29) is 12.1 Å². The Labute approximate surface area is 254 Å². The number of hydrogen-bond acceptors (Lipinski definition) is 8. The molecule has 2 aliphatic rings. The van der Waals surface area contributed by atoms with Crippen molar-refractivity contribution in [2.75, 3.05) is 51.2 Å². The van der Waals surface area contributed by atoms with Crippen molar-refractivity contribution >= 4 is 11.5 Å². The molecule has 2 aliphatic heterocycles. The summed E-state index contributed by atoms with van der Waals surface area (Å²) in [7, 11) is 2.19. The van der Waals surface area contributed by atoms with Crippen LogP contribution in [-0.2, 0) is 12.6 Å². The molecule has 0 aliphatic carbocycles. The highest BCUT2D eigenvalue weighted by Gasteiger charge is 2.31. The molecule has 0 unspecified atom stereocenters. The lowest BCUT2D eigenvalue weighted by Gasteiger charge is -2.42. The number of carbonyl (C=O) groups is 1. The molecule has 6 rings (SSSR count). The van der Waals surface area contributed by atoms with Crippen molar-refractivity contribution in [2.45, 2.75) is 38.4 Å². The number of likely N-dealkylation sites (N-methyl/N-ethyl adjacent to an activating group) is 1. The number of Topliss-reactive ketones (excluding diaryl/α,β-unsaturated/α-hetero) is 1. The van der Waals surface area contributed by atoms with Crippen molar-refractivity contribution < 1.29 is 18.0 Å². The average Bonchev–Trinajstić information content (AvgIpc) is 3.52. The lowest BCUT2D eigenvalue weighted by atomic mass is 10.0. The van der Waals surface area contributed by atoms with Crippen molar-refractivity contribution in [3.63, 3.8) is 0 Å². The molecule has 3 aromatic heterocycles. The van der Waals surface area contributed by atoms with Gasteiger partial charge in [-0.05, 0) is 62.7 Å². The van der Waals surface area contributed by atoms with E-state index in [2.05, 4.69) is 54.2 Å². The van der Waals surface area contributed by atoms with E-state index < -0.39 is 17.5 Å². The lowest BCUT2D eigenvalue weighted by molar-refractivity contribution is -0.137. The van der Waals surface area contributed by atoms with Crippen LogP contribution in [-0.4, -0.2) is 92.9 Å². The molecule has 230 valence electrons. The van der Waals surface area contributed by atoms with Gasteiger partial charge < -0.3 is 9.80 Å². The summed E-state index contributed by atoms with van der Waals surface area (Å²) >= 11 is 0. The zero-order valence-corrected chi connectivity index (χ0v) is 24.8. The maximum Gasteiger partial charge on any atom is 0.416 e. The first kappa shape index (κ1) is 29.9. The Bertz CT molecular complexity index is 1620. The molecule has 0 N–H and O–H groups in total. The number of hydrogen-bond donors (Lipinski definition) is 0. The summed E-state index contributed by atoms with van der Waals surface area (Å²) in [5, 5.41) is 8.74. The number of carbonyl (C=O) groups excluding carboxylic acids is 1. The van der Waals surface area contributed by atoms with Crippen molar-refractivity contribution in [2.24, 2.45) is 0 Å². The molecular formula is C32H35F3N8O. The van der Waals surface area contributed by atoms with Gasteiger partial charge in [-0.15, -0.1) is 5.10 Å². The molecule has 0 bridgehead atoms. The number of pyridine rings is 2. The molecule has 2 fully saturated rings. The molecule has 2 saturated heterocycles. The van der Waals surface area contributed by atoms with E-state index in [4.69, 9.17) is 0 Å². The highest BCUT2D eigenvalue weighted by molar-refractivity contribution is 5.95. The minimum atomic E-state index is -4.55. The first-order chi connectivity index (χ1) is 21.1. The van der Waals surface area contributed by atoms with Gasteiger partial charge in [-0.25, -0.2) is 4.68 Å². The van der Waals surface area contributed by atoms with Gasteiger partial charge in [0.15, 0.2) is 5.78 Å². The van der Waals surface area contributed by atoms with Crippen molar-refractivity contribution in [3.8, 4) is 16.9 Å². The number of anilines is 1. The summed E-state index contributed by atoms with van der Waals surface area (Å²) < 4.78 is 40.9. The van der Waals surface area contributed by atoms with Crippen molar-refractivity contribution in [1.29, 1.82) is 0 Å². The van der Waals surface area contributed by atoms with E-state index in [1.165, 1.54) is 0 Å². The Morgan fingerprint density at radius 1 is 0.977 bits per heavy atom. The standard InChI is InChI=1S/C32H35F3N8O/c1-22-30(16-23(20-37-22)17-31(44)28-19-25(6-9-36-28)32(33,34)35)43-21-29(38-39-43)24-4-3-5-27(18-24)41-10-7-26(8-11-41)42-14-12-40(2)13-15-42/h3-6,9,16,18-21,26H,7-8,10-15,17H2,1-2H3. The van der Waals surface area contributed by atoms with Crippen LogP contribution in [0.3, 0.4) is 0 Å². The number of halogens is 3. The number of benzene rings is 1. The van der Waals surface area contributed by atoms with Gasteiger partial charge in [0, 0.05) is 75.4 Å². The summed E-state index contributed by atoms with van der Waals surface area (Å²) in [6, 6.07) is 12.4. The van der Waals surface area contributed by atoms with E-state index in [9.17, 15) is 18.0 Å². The lowest BCUT2D eigenvalue weighted by Crippen LogP contribution is -2.52. The van der Waals surface area contributed by atoms with Gasteiger partial charge in [0.05, 0.1) is 23.1 Å². The van der Waals surface area contributed by atoms with Crippen LogP contribution in [0.25, 0.3) is 16.9 Å². The number of aryl methyl sites for hydroxylation is 1. The maximum absolute atomic E-state index is 13.1. The molecule has 12 heteroatoms. The maximum atomic E-state index is 13.1. The minimum Gasteiger partial charge on any atom is -0.371 e. The van der Waals surface area contributed by atoms with Gasteiger partial charge in [-0.3, -0.25) is 19.7 Å². The number of alkyl halides is 3. The molecule has 44 heavy (non-hydrogen) atoms. The van der Waals surface area contributed by atoms with Gasteiger partial charge in [0.1, 0.15) is 11.4 Å². The van der Waals surface area contributed by atoms with Gasteiger partial charge in [-0.2, -0.15) is 13.2 Å². The van der Waals surface area contributed by atoms with Gasteiger partial charge in [0.2, 0.25) is 0 Å². The fourth-order valence-electron chi connectivity index (χ4n) is 5.98. The van der Waals surface area contributed by atoms with Crippen LogP contribution in [0.1, 0.15) is 40.2 Å². The van der Waals surface area contributed by atoms with Crippen LogP contribution in [0, 0.1) is 6.92 Å². The van der Waals surface area contributed by atoms with Crippen LogP contribution in [0.4, 0.5) is 18.9 Å². The summed E-state index contributed by atoms with van der Waals surface area (Å²) in [5.41, 5.74) is 3.50. The van der Waals surface area contributed by atoms with Crippen molar-refractivity contribution in [3.05, 3.63) is 83.6 Å². The zero-order chi connectivity index (χ0) is 30.8. The third-order valence-corrected chi connectivity index (χ3v) is 8.62. The average molecular weight is 605 g/mol. The van der Waals surface area contributed by atoms with E-state index in [1.807, 2.05) is 25.3 Å². The minimum absolute atomic E-state index is 0.149. The number of piperidine rings is 1. The summed E-state index contributed by atoms with van der Waals surface area (Å²) in [6.07, 6.45) is 1.96. The van der Waals surface area contributed by atoms with Crippen LogP contribution < -0.4 is 4.90 Å². The van der Waals surface area contributed by atoms with Crippen LogP contribution >= 0.6 is 0 Å². The van der Waals surface area contributed by atoms with Gasteiger partial charge in [-0.1, -0.05) is 17.3 Å². The second kappa shape index (κ2) is 12.4. The van der Waals surface area contributed by atoms with E-state index >= 15 is 0 Å². The summed E-state index contributed by atoms with van der Waals surface area (Å²) in [4.78, 5) is 28.5. The Hall–Kier alpha value is -4.16. The number of aromatic nitrogens is 5. The van der Waals surface area contributed by atoms with Crippen molar-refractivity contribution in [1.82, 2.24) is 34.8 Å². The molecule has 0 atom stereocenters. The smallest absolute Gasteiger partial charge is 0.371 e. The number of ketones is 1. The molecule has 9 nitrogen and oxygen atoms in total. The fraction of sp³-hybridized carbons (Fsp3) is 0.406. The quantitative estimate of drug-likeness (QED) is 0.281. The number of rotatable bonds is 7. The predicted molar refractivity (Wildman–Crippen MR) is 161 cm³/mol. The van der Waals surface area contributed by atoms with Crippen LogP contribution in [0.5, 0.6) is 0 Å². The SMILES string of the molecule is Cc1ncc(CC(=O)c2cc(C(F)(F)F)ccn2)cc1-n1cc(-c2cccc(N3CCC(N4CCN(C)CC4)CC3)c2)nn1. The molecule has 4 aromatic rings. The fourth-order valence-corrected chi connectivity index (χ4v) is 5.98. The Balaban J connectivity index is 1.14. The topological polar surface area (TPSA) is 83.3 Å². The largest absolute Gasteiger partial charge is 0.416 e. The molecule has 0 saturated carbocycles. The second-order valence-corrected chi connectivity index (χ2v) is 11.6. The first-order valence-corrected chi connectivity index (χ1v) is 14.9. The molecule has 0 amide bonds. The third kappa shape index (κ3) is 6.66. The molecule has 0 spiro atoms. The molecule has 5 heterocycles. The molecule has 1 aromatic carbocycles. The molecule has 0 radical (unpaired) electrons. The highest BCUT2D eigenvalue weighted by Crippen LogP contribution is 2.30. The van der Waals surface area contributed by atoms with E-state index in [0.29, 0.717) is 28.7 Å². The summed E-state index contributed by atoms with van der Waals surface area (Å²) in [5.74, 6) is -0.531. The molecular weight excluding hydrogens is 569 g/mol. The Morgan fingerprint density at radius 3 is 2.50 bits per heavy atom. The third-order valence-electron chi connectivity index (χ3n) is 8.62. The number of piperazine rings is 1. The van der Waals surface area contributed by atoms with Crippen LogP contribution in [0.2, 0.25) is 0 Å². The normalized spacial score (nSPS) is 17.2. The first-order valence-electron chi connectivity index (χ1n) is 14.9. The Morgan fingerprint density at radius 2 is 1.75 bits per heavy atom.